The zero-order valence-electron chi connectivity index (χ0n) is 10.7. The molecule has 3 nitrogen and oxygen atoms in total. The highest BCUT2D eigenvalue weighted by Crippen LogP contribution is 2.28. The van der Waals surface area contributed by atoms with Crippen LogP contribution in [0.4, 0.5) is 17.6 Å². The summed E-state index contributed by atoms with van der Waals surface area (Å²) >= 11 is 0. The van der Waals surface area contributed by atoms with E-state index in [0.29, 0.717) is 11.1 Å². The van der Waals surface area contributed by atoms with E-state index in [1.807, 2.05) is 0 Å². The van der Waals surface area contributed by atoms with Crippen LogP contribution in [0.15, 0.2) is 48.5 Å². The van der Waals surface area contributed by atoms with Crippen LogP contribution in [0, 0.1) is 5.82 Å². The second-order valence-corrected chi connectivity index (χ2v) is 4.27. The van der Waals surface area contributed by atoms with Gasteiger partial charge in [0, 0.05) is 0 Å². The van der Waals surface area contributed by atoms with Crippen LogP contribution in [0.3, 0.4) is 0 Å². The lowest BCUT2D eigenvalue weighted by molar-refractivity contribution is -0.274. The average molecular weight is 300 g/mol. The molecule has 0 heterocycles. The Morgan fingerprint density at radius 2 is 1.67 bits per heavy atom. The molecule has 7 heteroatoms. The molecular formula is C14H12F4N2O. The first-order valence-electron chi connectivity index (χ1n) is 5.96. The number of nitrogens with two attached hydrogens (primary N) is 1. The number of rotatable bonds is 4. The van der Waals surface area contributed by atoms with Gasteiger partial charge in [0.1, 0.15) is 11.6 Å². The van der Waals surface area contributed by atoms with Crippen molar-refractivity contribution in [3.63, 3.8) is 0 Å². The molecule has 0 saturated heterocycles. The first kappa shape index (κ1) is 15.3. The fourth-order valence-corrected chi connectivity index (χ4v) is 1.93. The molecule has 0 bridgehead atoms. The van der Waals surface area contributed by atoms with E-state index in [4.69, 9.17) is 5.84 Å². The summed E-state index contributed by atoms with van der Waals surface area (Å²) in [6.07, 6.45) is -4.76. The van der Waals surface area contributed by atoms with Crippen LogP contribution in [0.25, 0.3) is 0 Å². The number of benzene rings is 2. The van der Waals surface area contributed by atoms with E-state index in [0.717, 1.165) is 0 Å². The van der Waals surface area contributed by atoms with E-state index in [2.05, 4.69) is 10.2 Å². The molecule has 0 aliphatic heterocycles. The molecular weight excluding hydrogens is 288 g/mol. The SMILES string of the molecule is NNC(c1ccc(F)cc1)c1cccc(OC(F)(F)F)c1. The number of alkyl halides is 3. The molecule has 112 valence electrons. The van der Waals surface area contributed by atoms with Crippen molar-refractivity contribution in [2.75, 3.05) is 0 Å². The van der Waals surface area contributed by atoms with Crippen molar-refractivity contribution in [1.29, 1.82) is 0 Å². The average Bonchev–Trinajstić information content (AvgIpc) is 2.40. The summed E-state index contributed by atoms with van der Waals surface area (Å²) in [5, 5.41) is 0. The summed E-state index contributed by atoms with van der Waals surface area (Å²) in [6, 6.07) is 10.3. The van der Waals surface area contributed by atoms with Gasteiger partial charge in [-0.1, -0.05) is 24.3 Å². The molecule has 0 aliphatic carbocycles. The highest BCUT2D eigenvalue weighted by Gasteiger charge is 2.31. The Morgan fingerprint density at radius 3 is 2.24 bits per heavy atom. The van der Waals surface area contributed by atoms with E-state index in [1.54, 1.807) is 6.07 Å². The van der Waals surface area contributed by atoms with E-state index in [9.17, 15) is 17.6 Å². The highest BCUT2D eigenvalue weighted by molar-refractivity contribution is 5.36. The number of hydrogen-bond donors (Lipinski definition) is 2. The smallest absolute Gasteiger partial charge is 0.406 e. The lowest BCUT2D eigenvalue weighted by Gasteiger charge is -2.18. The predicted molar refractivity (Wildman–Crippen MR) is 68.7 cm³/mol. The van der Waals surface area contributed by atoms with Crippen LogP contribution in [-0.4, -0.2) is 6.36 Å². The predicted octanol–water partition coefficient (Wildman–Crippen LogP) is 3.28. The Balaban J connectivity index is 2.30. The minimum atomic E-state index is -4.76. The van der Waals surface area contributed by atoms with Gasteiger partial charge in [0.25, 0.3) is 0 Å². The van der Waals surface area contributed by atoms with Crippen molar-refractivity contribution >= 4 is 0 Å². The van der Waals surface area contributed by atoms with Gasteiger partial charge >= 0.3 is 6.36 Å². The Hall–Kier alpha value is -2.12. The number of nitrogens with one attached hydrogen (secondary N) is 1. The van der Waals surface area contributed by atoms with Crippen LogP contribution in [0.5, 0.6) is 5.75 Å². The van der Waals surface area contributed by atoms with E-state index in [-0.39, 0.29) is 5.75 Å². The number of ether oxygens (including phenoxy) is 1. The van der Waals surface area contributed by atoms with E-state index in [1.165, 1.54) is 42.5 Å². The van der Waals surface area contributed by atoms with Gasteiger partial charge in [0.2, 0.25) is 0 Å². The molecule has 3 N–H and O–H groups in total. The minimum absolute atomic E-state index is 0.345. The second-order valence-electron chi connectivity index (χ2n) is 4.27. The topological polar surface area (TPSA) is 47.3 Å². The number of hydrogen-bond acceptors (Lipinski definition) is 3. The van der Waals surface area contributed by atoms with Crippen molar-refractivity contribution in [1.82, 2.24) is 5.43 Å². The first-order chi connectivity index (χ1) is 9.89. The molecule has 2 rings (SSSR count). The third-order valence-corrected chi connectivity index (χ3v) is 2.80. The molecule has 2 aromatic rings. The lowest BCUT2D eigenvalue weighted by Crippen LogP contribution is -2.29. The third kappa shape index (κ3) is 4.17. The highest BCUT2D eigenvalue weighted by atomic mass is 19.4. The van der Waals surface area contributed by atoms with Gasteiger partial charge in [0.15, 0.2) is 0 Å². The third-order valence-electron chi connectivity index (χ3n) is 2.80. The fourth-order valence-electron chi connectivity index (χ4n) is 1.93. The van der Waals surface area contributed by atoms with Crippen LogP contribution in [0.2, 0.25) is 0 Å². The van der Waals surface area contributed by atoms with Crippen molar-refractivity contribution in [3.8, 4) is 5.75 Å². The van der Waals surface area contributed by atoms with Crippen LogP contribution in [-0.2, 0) is 0 Å². The summed E-state index contributed by atoms with van der Waals surface area (Å²) in [6.45, 7) is 0. The summed E-state index contributed by atoms with van der Waals surface area (Å²) in [7, 11) is 0. The summed E-state index contributed by atoms with van der Waals surface area (Å²) < 4.78 is 53.4. The van der Waals surface area contributed by atoms with Crippen LogP contribution in [0.1, 0.15) is 17.2 Å². The standard InChI is InChI=1S/C14H12F4N2O/c15-11-6-4-9(5-7-11)13(20-19)10-2-1-3-12(8-10)21-14(16,17)18/h1-8,13,20H,19H2. The molecule has 0 amide bonds. The molecule has 0 aliphatic rings. The van der Waals surface area contributed by atoms with Gasteiger partial charge in [-0.25, -0.2) is 9.82 Å². The Morgan fingerprint density at radius 1 is 1.00 bits per heavy atom. The number of hydrazine groups is 1. The summed E-state index contributed by atoms with van der Waals surface area (Å²) in [5.41, 5.74) is 3.56. The maximum Gasteiger partial charge on any atom is 0.573 e. The Bertz CT molecular complexity index is 599. The van der Waals surface area contributed by atoms with E-state index >= 15 is 0 Å². The Labute approximate surface area is 118 Å². The molecule has 1 atom stereocenters. The minimum Gasteiger partial charge on any atom is -0.406 e. The van der Waals surface area contributed by atoms with Gasteiger partial charge in [-0.2, -0.15) is 0 Å². The summed E-state index contributed by atoms with van der Waals surface area (Å²) in [4.78, 5) is 0. The van der Waals surface area contributed by atoms with Gasteiger partial charge in [-0.15, -0.1) is 13.2 Å². The lowest BCUT2D eigenvalue weighted by atomic mass is 9.99. The number of halogens is 4. The molecule has 0 spiro atoms. The molecule has 0 aromatic heterocycles. The molecule has 0 radical (unpaired) electrons. The van der Waals surface area contributed by atoms with Crippen molar-refractivity contribution in [2.24, 2.45) is 5.84 Å². The van der Waals surface area contributed by atoms with Crippen LogP contribution >= 0.6 is 0 Å². The Kier molecular flexibility index (Phi) is 4.44. The van der Waals surface area contributed by atoms with E-state index < -0.39 is 18.2 Å². The molecule has 0 fully saturated rings. The second kappa shape index (κ2) is 6.11. The maximum atomic E-state index is 12.9. The van der Waals surface area contributed by atoms with Gasteiger partial charge in [0.05, 0.1) is 6.04 Å². The van der Waals surface area contributed by atoms with Crippen molar-refractivity contribution in [3.05, 3.63) is 65.5 Å². The zero-order chi connectivity index (χ0) is 15.5. The van der Waals surface area contributed by atoms with Crippen molar-refractivity contribution < 1.29 is 22.3 Å². The molecule has 1 unspecified atom stereocenters. The molecule has 0 saturated carbocycles. The maximum absolute atomic E-state index is 12.9. The summed E-state index contributed by atoms with van der Waals surface area (Å²) in [5.74, 6) is 4.69. The van der Waals surface area contributed by atoms with Gasteiger partial charge < -0.3 is 4.74 Å². The fraction of sp³-hybridized carbons (Fsp3) is 0.143. The van der Waals surface area contributed by atoms with Gasteiger partial charge in [-0.05, 0) is 35.4 Å². The monoisotopic (exact) mass is 300 g/mol. The molecule has 21 heavy (non-hydrogen) atoms. The zero-order valence-corrected chi connectivity index (χ0v) is 10.7. The largest absolute Gasteiger partial charge is 0.573 e. The quantitative estimate of drug-likeness (QED) is 0.517. The van der Waals surface area contributed by atoms with Crippen molar-refractivity contribution in [2.45, 2.75) is 12.4 Å². The van der Waals surface area contributed by atoms with Crippen LogP contribution < -0.4 is 16.0 Å². The molecule has 2 aromatic carbocycles. The normalized spacial score (nSPS) is 13.0. The van der Waals surface area contributed by atoms with Gasteiger partial charge in [-0.3, -0.25) is 5.84 Å². The first-order valence-corrected chi connectivity index (χ1v) is 5.96.